The second-order valence-electron chi connectivity index (χ2n) is 6.49. The Morgan fingerprint density at radius 2 is 1.96 bits per heavy atom. The van der Waals surface area contributed by atoms with E-state index in [2.05, 4.69) is 10.6 Å². The molecule has 146 valence electrons. The van der Waals surface area contributed by atoms with Gasteiger partial charge in [0, 0.05) is 19.2 Å². The molecular formula is C22H24N2O4. The van der Waals surface area contributed by atoms with E-state index in [1.54, 1.807) is 37.5 Å². The van der Waals surface area contributed by atoms with E-state index in [1.165, 1.54) is 6.08 Å². The first-order valence-corrected chi connectivity index (χ1v) is 9.27. The summed E-state index contributed by atoms with van der Waals surface area (Å²) in [5.74, 6) is 0.213. The molecule has 1 aliphatic rings. The second-order valence-corrected chi connectivity index (χ2v) is 6.49. The minimum atomic E-state index is -0.310. The quantitative estimate of drug-likeness (QED) is 0.723. The Hall–Kier alpha value is -3.12. The first-order chi connectivity index (χ1) is 13.7. The number of carbonyl (C=O) groups excluding carboxylic acids is 2. The fraction of sp³-hybridized carbons (Fsp3) is 0.273. The lowest BCUT2D eigenvalue weighted by molar-refractivity contribution is -0.111. The van der Waals surface area contributed by atoms with E-state index in [4.69, 9.17) is 9.47 Å². The third-order valence-electron chi connectivity index (χ3n) is 4.49. The first kappa shape index (κ1) is 19.6. The van der Waals surface area contributed by atoms with Gasteiger partial charge in [0.05, 0.1) is 24.5 Å². The summed E-state index contributed by atoms with van der Waals surface area (Å²) in [6, 6.07) is 14.3. The Kier molecular flexibility index (Phi) is 6.81. The van der Waals surface area contributed by atoms with Gasteiger partial charge >= 0.3 is 0 Å². The largest absolute Gasteiger partial charge is 0.497 e. The van der Waals surface area contributed by atoms with Crippen LogP contribution in [-0.4, -0.2) is 38.2 Å². The minimum Gasteiger partial charge on any atom is -0.497 e. The third kappa shape index (κ3) is 5.44. The van der Waals surface area contributed by atoms with Crippen LogP contribution >= 0.6 is 0 Å². The lowest BCUT2D eigenvalue weighted by Gasteiger charge is -2.13. The molecule has 3 rings (SSSR count). The standard InChI is InChI=1S/C22H24N2O4/c1-27-17-11-8-16(9-12-17)10-13-21(25)24-20-7-3-2-6-19(20)22(26)23-15-18-5-4-14-28-18/h2-3,6-13,18H,4-5,14-15H2,1H3,(H,23,26)(H,24,25). The summed E-state index contributed by atoms with van der Waals surface area (Å²) < 4.78 is 10.6. The van der Waals surface area contributed by atoms with Gasteiger partial charge in [0.1, 0.15) is 5.75 Å². The van der Waals surface area contributed by atoms with Crippen LogP contribution in [0.3, 0.4) is 0 Å². The molecule has 1 heterocycles. The van der Waals surface area contributed by atoms with Gasteiger partial charge in [0.2, 0.25) is 5.91 Å². The summed E-state index contributed by atoms with van der Waals surface area (Å²) in [5.41, 5.74) is 1.77. The van der Waals surface area contributed by atoms with Crippen LogP contribution in [-0.2, 0) is 9.53 Å². The monoisotopic (exact) mass is 380 g/mol. The minimum absolute atomic E-state index is 0.0677. The molecule has 0 spiro atoms. The number of benzene rings is 2. The van der Waals surface area contributed by atoms with Gasteiger partial charge in [-0.2, -0.15) is 0 Å². The molecule has 2 aromatic carbocycles. The molecule has 0 radical (unpaired) electrons. The third-order valence-corrected chi connectivity index (χ3v) is 4.49. The number of para-hydroxylation sites is 1. The molecule has 0 aliphatic carbocycles. The van der Waals surface area contributed by atoms with E-state index >= 15 is 0 Å². The van der Waals surface area contributed by atoms with Crippen LogP contribution < -0.4 is 15.4 Å². The topological polar surface area (TPSA) is 76.7 Å². The summed E-state index contributed by atoms with van der Waals surface area (Å²) in [5, 5.41) is 5.65. The number of ether oxygens (including phenoxy) is 2. The van der Waals surface area contributed by atoms with E-state index in [0.29, 0.717) is 17.8 Å². The van der Waals surface area contributed by atoms with Crippen molar-refractivity contribution >= 4 is 23.6 Å². The normalized spacial score (nSPS) is 16.1. The first-order valence-electron chi connectivity index (χ1n) is 9.27. The Bertz CT molecular complexity index is 840. The fourth-order valence-corrected chi connectivity index (χ4v) is 2.96. The van der Waals surface area contributed by atoms with Crippen LogP contribution in [0, 0.1) is 0 Å². The molecule has 1 unspecified atom stereocenters. The summed E-state index contributed by atoms with van der Waals surface area (Å²) >= 11 is 0. The number of hydrogen-bond donors (Lipinski definition) is 2. The predicted octanol–water partition coefficient (Wildman–Crippen LogP) is 3.26. The smallest absolute Gasteiger partial charge is 0.253 e. The van der Waals surface area contributed by atoms with Crippen molar-refractivity contribution in [2.45, 2.75) is 18.9 Å². The van der Waals surface area contributed by atoms with Gasteiger partial charge in [-0.3, -0.25) is 9.59 Å². The van der Waals surface area contributed by atoms with Crippen LogP contribution in [0.1, 0.15) is 28.8 Å². The Morgan fingerprint density at radius 1 is 1.18 bits per heavy atom. The average molecular weight is 380 g/mol. The zero-order chi connectivity index (χ0) is 19.8. The maximum Gasteiger partial charge on any atom is 0.253 e. The molecule has 6 nitrogen and oxygen atoms in total. The lowest BCUT2D eigenvalue weighted by atomic mass is 10.1. The van der Waals surface area contributed by atoms with Crippen molar-refractivity contribution in [2.75, 3.05) is 25.6 Å². The molecule has 2 N–H and O–H groups in total. The van der Waals surface area contributed by atoms with Crippen molar-refractivity contribution in [3.05, 3.63) is 65.7 Å². The number of anilines is 1. The number of methoxy groups -OCH3 is 1. The van der Waals surface area contributed by atoms with Crippen molar-refractivity contribution in [3.63, 3.8) is 0 Å². The molecule has 6 heteroatoms. The van der Waals surface area contributed by atoms with Gasteiger partial charge in [-0.1, -0.05) is 24.3 Å². The highest BCUT2D eigenvalue weighted by Gasteiger charge is 2.18. The zero-order valence-electron chi connectivity index (χ0n) is 15.8. The predicted molar refractivity (Wildman–Crippen MR) is 108 cm³/mol. The van der Waals surface area contributed by atoms with Crippen molar-refractivity contribution < 1.29 is 19.1 Å². The van der Waals surface area contributed by atoms with E-state index in [0.717, 1.165) is 30.8 Å². The highest BCUT2D eigenvalue weighted by molar-refractivity contribution is 6.07. The number of rotatable bonds is 7. The average Bonchev–Trinajstić information content (AvgIpc) is 3.25. The molecule has 2 aromatic rings. The molecule has 0 bridgehead atoms. The van der Waals surface area contributed by atoms with Crippen LogP contribution in [0.2, 0.25) is 0 Å². The van der Waals surface area contributed by atoms with Crippen LogP contribution in [0.15, 0.2) is 54.6 Å². The molecule has 1 fully saturated rings. The molecular weight excluding hydrogens is 356 g/mol. The van der Waals surface area contributed by atoms with Gasteiger partial charge in [-0.15, -0.1) is 0 Å². The lowest BCUT2D eigenvalue weighted by Crippen LogP contribution is -2.32. The highest BCUT2D eigenvalue weighted by Crippen LogP contribution is 2.17. The number of nitrogens with one attached hydrogen (secondary N) is 2. The Labute approximate surface area is 164 Å². The van der Waals surface area contributed by atoms with Gasteiger partial charge in [-0.05, 0) is 48.7 Å². The van der Waals surface area contributed by atoms with Crippen LogP contribution in [0.25, 0.3) is 6.08 Å². The Morgan fingerprint density at radius 3 is 2.68 bits per heavy atom. The van der Waals surface area contributed by atoms with Gasteiger partial charge in [0.25, 0.3) is 5.91 Å². The van der Waals surface area contributed by atoms with Crippen LogP contribution in [0.5, 0.6) is 5.75 Å². The zero-order valence-corrected chi connectivity index (χ0v) is 15.8. The number of carbonyl (C=O) groups is 2. The molecule has 1 saturated heterocycles. The van der Waals surface area contributed by atoms with E-state index < -0.39 is 0 Å². The van der Waals surface area contributed by atoms with Crippen molar-refractivity contribution in [1.29, 1.82) is 0 Å². The van der Waals surface area contributed by atoms with Gasteiger partial charge in [0.15, 0.2) is 0 Å². The van der Waals surface area contributed by atoms with Gasteiger partial charge in [-0.25, -0.2) is 0 Å². The molecule has 0 aromatic heterocycles. The van der Waals surface area contributed by atoms with E-state index in [1.807, 2.05) is 24.3 Å². The highest BCUT2D eigenvalue weighted by atomic mass is 16.5. The summed E-state index contributed by atoms with van der Waals surface area (Å²) in [6.45, 7) is 1.21. The Balaban J connectivity index is 1.60. The van der Waals surface area contributed by atoms with E-state index in [9.17, 15) is 9.59 Å². The molecule has 1 atom stereocenters. The molecule has 0 saturated carbocycles. The van der Waals surface area contributed by atoms with E-state index in [-0.39, 0.29) is 17.9 Å². The SMILES string of the molecule is COc1ccc(C=CC(=O)Nc2ccccc2C(=O)NCC2CCCO2)cc1. The molecule has 28 heavy (non-hydrogen) atoms. The van der Waals surface area contributed by atoms with Crippen LogP contribution in [0.4, 0.5) is 5.69 Å². The van der Waals surface area contributed by atoms with Crippen molar-refractivity contribution in [2.24, 2.45) is 0 Å². The maximum absolute atomic E-state index is 12.5. The molecule has 1 aliphatic heterocycles. The molecule has 2 amide bonds. The second kappa shape index (κ2) is 9.71. The number of hydrogen-bond acceptors (Lipinski definition) is 4. The van der Waals surface area contributed by atoms with Crippen molar-refractivity contribution in [1.82, 2.24) is 5.32 Å². The van der Waals surface area contributed by atoms with Crippen molar-refractivity contribution in [3.8, 4) is 5.75 Å². The number of amides is 2. The summed E-state index contributed by atoms with van der Waals surface area (Å²) in [4.78, 5) is 24.8. The summed E-state index contributed by atoms with van der Waals surface area (Å²) in [7, 11) is 1.60. The van der Waals surface area contributed by atoms with Gasteiger partial charge < -0.3 is 20.1 Å². The maximum atomic E-state index is 12.5. The fourth-order valence-electron chi connectivity index (χ4n) is 2.96. The summed E-state index contributed by atoms with van der Waals surface area (Å²) in [6.07, 6.45) is 5.18.